The van der Waals surface area contributed by atoms with Gasteiger partial charge in [0.25, 0.3) is 0 Å². The van der Waals surface area contributed by atoms with Gasteiger partial charge in [-0.15, -0.1) is 0 Å². The fourth-order valence-electron chi connectivity index (χ4n) is 4.44. The Kier molecular flexibility index (Phi) is 6.84. The van der Waals surface area contributed by atoms with Crippen LogP contribution in [0.3, 0.4) is 0 Å². The van der Waals surface area contributed by atoms with Gasteiger partial charge in [0.05, 0.1) is 13.2 Å². The molecule has 0 aliphatic carbocycles. The summed E-state index contributed by atoms with van der Waals surface area (Å²) in [6, 6.07) is 17.8. The Hall–Kier alpha value is -2.90. The summed E-state index contributed by atoms with van der Waals surface area (Å²) >= 11 is 0. The standard InChI is InChI=1S/C24H30N4O3/c1-31-21-10-7-17(8-11-21)14-25-19-13-22-24(30)26-15-20(28(22)16-19)9-12-23(29)27-18-5-3-2-4-6-18/h2-8,10-11,19-20,22,25H,9,12-16H2,1H3,(H,26,30)(H,27,29). The molecule has 3 unspecified atom stereocenters. The molecular formula is C24H30N4O3. The highest BCUT2D eigenvalue weighted by molar-refractivity contribution is 5.90. The van der Waals surface area contributed by atoms with Gasteiger partial charge < -0.3 is 20.7 Å². The monoisotopic (exact) mass is 422 g/mol. The SMILES string of the molecule is COc1ccc(CNC2CC3C(=O)NCC(CCC(=O)Nc4ccccc4)N3C2)cc1. The Labute approximate surface area is 183 Å². The van der Waals surface area contributed by atoms with Crippen LogP contribution in [0.4, 0.5) is 5.69 Å². The normalized spacial score (nSPS) is 23.1. The topological polar surface area (TPSA) is 82.7 Å². The van der Waals surface area contributed by atoms with Crippen molar-refractivity contribution in [3.63, 3.8) is 0 Å². The molecule has 7 nitrogen and oxygen atoms in total. The average molecular weight is 423 g/mol. The third-order valence-electron chi connectivity index (χ3n) is 6.14. The molecule has 0 radical (unpaired) electrons. The van der Waals surface area contributed by atoms with Crippen LogP contribution in [-0.2, 0) is 16.1 Å². The molecular weight excluding hydrogens is 392 g/mol. The van der Waals surface area contributed by atoms with E-state index in [2.05, 4.69) is 33.0 Å². The first kappa shape index (κ1) is 21.3. The molecule has 0 bridgehead atoms. The van der Waals surface area contributed by atoms with E-state index in [4.69, 9.17) is 4.74 Å². The molecule has 2 aromatic rings. The van der Waals surface area contributed by atoms with Crippen molar-refractivity contribution in [1.29, 1.82) is 0 Å². The lowest BCUT2D eigenvalue weighted by molar-refractivity contribution is -0.129. The molecule has 31 heavy (non-hydrogen) atoms. The number of benzene rings is 2. The molecule has 3 N–H and O–H groups in total. The summed E-state index contributed by atoms with van der Waals surface area (Å²) in [5, 5.41) is 9.56. The molecule has 2 fully saturated rings. The summed E-state index contributed by atoms with van der Waals surface area (Å²) in [5.41, 5.74) is 2.00. The smallest absolute Gasteiger partial charge is 0.237 e. The van der Waals surface area contributed by atoms with E-state index in [-0.39, 0.29) is 29.9 Å². The maximum atomic E-state index is 12.4. The number of fused-ring (bicyclic) bond motifs is 1. The highest BCUT2D eigenvalue weighted by Crippen LogP contribution is 2.26. The molecule has 4 rings (SSSR count). The number of carbonyl (C=O) groups is 2. The van der Waals surface area contributed by atoms with E-state index < -0.39 is 0 Å². The zero-order valence-corrected chi connectivity index (χ0v) is 17.8. The first-order valence-corrected chi connectivity index (χ1v) is 10.9. The molecule has 0 aromatic heterocycles. The van der Waals surface area contributed by atoms with Gasteiger partial charge in [-0.3, -0.25) is 14.5 Å². The quantitative estimate of drug-likeness (QED) is 0.607. The van der Waals surface area contributed by atoms with Crippen molar-refractivity contribution in [3.05, 3.63) is 60.2 Å². The largest absolute Gasteiger partial charge is 0.497 e. The molecule has 0 saturated carbocycles. The van der Waals surface area contributed by atoms with Gasteiger partial charge in [0.1, 0.15) is 5.75 Å². The Bertz CT molecular complexity index is 887. The summed E-state index contributed by atoms with van der Waals surface area (Å²) in [5.74, 6) is 0.948. The number of carbonyl (C=O) groups excluding carboxylic acids is 2. The highest BCUT2D eigenvalue weighted by atomic mass is 16.5. The lowest BCUT2D eigenvalue weighted by Crippen LogP contribution is -2.57. The van der Waals surface area contributed by atoms with Gasteiger partial charge in [0.2, 0.25) is 11.8 Å². The first-order valence-electron chi connectivity index (χ1n) is 10.9. The van der Waals surface area contributed by atoms with Crippen molar-refractivity contribution in [3.8, 4) is 5.75 Å². The van der Waals surface area contributed by atoms with Crippen LogP contribution in [0.15, 0.2) is 54.6 Å². The van der Waals surface area contributed by atoms with E-state index in [0.717, 1.165) is 37.4 Å². The lowest BCUT2D eigenvalue weighted by Gasteiger charge is -2.37. The van der Waals surface area contributed by atoms with Crippen molar-refractivity contribution in [2.45, 2.75) is 43.9 Å². The van der Waals surface area contributed by atoms with Crippen molar-refractivity contribution in [2.75, 3.05) is 25.5 Å². The van der Waals surface area contributed by atoms with E-state index in [9.17, 15) is 9.59 Å². The second-order valence-electron chi connectivity index (χ2n) is 8.23. The molecule has 2 heterocycles. The number of ether oxygens (including phenoxy) is 1. The summed E-state index contributed by atoms with van der Waals surface area (Å²) < 4.78 is 5.21. The van der Waals surface area contributed by atoms with Gasteiger partial charge in [-0.25, -0.2) is 0 Å². The molecule has 2 aliphatic rings. The maximum Gasteiger partial charge on any atom is 0.237 e. The number of piperazine rings is 1. The third-order valence-corrected chi connectivity index (χ3v) is 6.14. The number of methoxy groups -OCH3 is 1. The Balaban J connectivity index is 1.28. The molecule has 7 heteroatoms. The molecule has 164 valence electrons. The van der Waals surface area contributed by atoms with Gasteiger partial charge in [0.15, 0.2) is 0 Å². The van der Waals surface area contributed by atoms with Gasteiger partial charge in [-0.05, 0) is 42.7 Å². The Morgan fingerprint density at radius 2 is 1.94 bits per heavy atom. The number of nitrogens with zero attached hydrogens (tertiary/aromatic N) is 1. The van der Waals surface area contributed by atoms with Gasteiger partial charge in [-0.1, -0.05) is 30.3 Å². The first-order chi connectivity index (χ1) is 15.1. The number of nitrogens with one attached hydrogen (secondary N) is 3. The third kappa shape index (κ3) is 5.42. The Morgan fingerprint density at radius 1 is 1.16 bits per heavy atom. The minimum Gasteiger partial charge on any atom is -0.497 e. The van der Waals surface area contributed by atoms with Crippen LogP contribution in [0, 0.1) is 0 Å². The highest BCUT2D eigenvalue weighted by Gasteiger charge is 2.43. The number of hydrogen-bond donors (Lipinski definition) is 3. The van der Waals surface area contributed by atoms with Gasteiger partial charge in [0, 0.05) is 43.8 Å². The van der Waals surface area contributed by atoms with E-state index >= 15 is 0 Å². The second kappa shape index (κ2) is 9.94. The number of para-hydroxylation sites is 1. The Morgan fingerprint density at radius 3 is 2.68 bits per heavy atom. The predicted molar refractivity (Wildman–Crippen MR) is 120 cm³/mol. The molecule has 3 atom stereocenters. The van der Waals surface area contributed by atoms with Crippen molar-refractivity contribution in [2.24, 2.45) is 0 Å². The molecule has 0 spiro atoms. The van der Waals surface area contributed by atoms with Crippen LogP contribution < -0.4 is 20.7 Å². The molecule has 2 saturated heterocycles. The van der Waals surface area contributed by atoms with E-state index in [1.165, 1.54) is 5.56 Å². The fraction of sp³-hybridized carbons (Fsp3) is 0.417. The van der Waals surface area contributed by atoms with Crippen LogP contribution in [0.1, 0.15) is 24.8 Å². The number of anilines is 1. The summed E-state index contributed by atoms with van der Waals surface area (Å²) in [4.78, 5) is 27.0. The summed E-state index contributed by atoms with van der Waals surface area (Å²) in [6.45, 7) is 2.17. The zero-order valence-electron chi connectivity index (χ0n) is 17.8. The van der Waals surface area contributed by atoms with Crippen molar-refractivity contribution < 1.29 is 14.3 Å². The van der Waals surface area contributed by atoms with Crippen LogP contribution in [0.2, 0.25) is 0 Å². The van der Waals surface area contributed by atoms with E-state index in [1.54, 1.807) is 7.11 Å². The van der Waals surface area contributed by atoms with Crippen molar-refractivity contribution in [1.82, 2.24) is 15.5 Å². The van der Waals surface area contributed by atoms with Crippen molar-refractivity contribution >= 4 is 17.5 Å². The predicted octanol–water partition coefficient (Wildman–Crippen LogP) is 2.14. The van der Waals surface area contributed by atoms with Crippen LogP contribution in [-0.4, -0.2) is 55.0 Å². The van der Waals surface area contributed by atoms with E-state index in [1.807, 2.05) is 42.5 Å². The molecule has 2 aliphatic heterocycles. The fourth-order valence-corrected chi connectivity index (χ4v) is 4.44. The average Bonchev–Trinajstić information content (AvgIpc) is 3.24. The molecule has 2 amide bonds. The second-order valence-corrected chi connectivity index (χ2v) is 8.23. The summed E-state index contributed by atoms with van der Waals surface area (Å²) in [6.07, 6.45) is 1.94. The summed E-state index contributed by atoms with van der Waals surface area (Å²) in [7, 11) is 1.66. The lowest BCUT2D eigenvalue weighted by atomic mass is 10.0. The van der Waals surface area contributed by atoms with E-state index in [0.29, 0.717) is 13.0 Å². The minimum absolute atomic E-state index is 0.00743. The van der Waals surface area contributed by atoms with Gasteiger partial charge >= 0.3 is 0 Å². The van der Waals surface area contributed by atoms with Crippen LogP contribution >= 0.6 is 0 Å². The van der Waals surface area contributed by atoms with Crippen LogP contribution in [0.5, 0.6) is 5.75 Å². The zero-order chi connectivity index (χ0) is 21.6. The molecule has 2 aromatic carbocycles. The van der Waals surface area contributed by atoms with Crippen LogP contribution in [0.25, 0.3) is 0 Å². The number of hydrogen-bond acceptors (Lipinski definition) is 5. The number of amides is 2. The minimum atomic E-state index is -0.121. The maximum absolute atomic E-state index is 12.4. The number of rotatable bonds is 8. The van der Waals surface area contributed by atoms with Gasteiger partial charge in [-0.2, -0.15) is 0 Å².